The fraction of sp³-hybridized carbons (Fsp3) is 0.176. The van der Waals surface area contributed by atoms with Gasteiger partial charge < -0.3 is 29.8 Å². The summed E-state index contributed by atoms with van der Waals surface area (Å²) < 4.78 is 0. The van der Waals surface area contributed by atoms with Gasteiger partial charge in [0.05, 0.1) is 0 Å². The van der Waals surface area contributed by atoms with Crippen LogP contribution >= 0.6 is 46.4 Å². The molecular formula is C34H32Cl4IrN6O2-2. The number of carboxylic acid groups (broad SMARTS) is 1. The fourth-order valence-electron chi connectivity index (χ4n) is 3.77. The Balaban J connectivity index is 0.000000247. The van der Waals surface area contributed by atoms with Crippen LogP contribution in [0.2, 0.25) is 20.1 Å². The maximum atomic E-state index is 10.5. The van der Waals surface area contributed by atoms with Crippen molar-refractivity contribution in [2.24, 2.45) is 0 Å². The molecule has 0 amide bonds. The SMILES string of the molecule is CN(C)c1ccnc(-c2[c-]cc(Cl)cc2Cl)c1.CN(C)c1ccnc(-c2[c-]cc(Cl)cc2Cl)c1.CN(C)c1ccnc(C(=O)O)c1.[Ir]. The second-order valence-electron chi connectivity index (χ2n) is 10.3. The van der Waals surface area contributed by atoms with Crippen LogP contribution in [0.5, 0.6) is 0 Å². The molecule has 0 aliphatic heterocycles. The third kappa shape index (κ3) is 12.0. The molecule has 3 aromatic heterocycles. The molecule has 0 spiro atoms. The molecule has 1 N–H and O–H groups in total. The Morgan fingerprint density at radius 1 is 0.617 bits per heavy atom. The zero-order valence-corrected chi connectivity index (χ0v) is 31.8. The van der Waals surface area contributed by atoms with Crippen molar-refractivity contribution in [2.45, 2.75) is 0 Å². The standard InChI is InChI=1S/2C13H11Cl2N2.C8H10N2O2.Ir/c2*1-17(2)10-5-6-16-13(8-10)11-4-3-9(14)7-12(11)15;1-10(2)6-3-4-9-7(5-6)8(11)12;/h2*3,5-8H,1-2H3;3-5H,1-2H3,(H,11,12);/q2*-1;;. The van der Waals surface area contributed by atoms with E-state index in [1.807, 2.05) is 81.3 Å². The predicted molar refractivity (Wildman–Crippen MR) is 191 cm³/mol. The van der Waals surface area contributed by atoms with Gasteiger partial charge in [0.1, 0.15) is 5.69 Å². The van der Waals surface area contributed by atoms with Gasteiger partial charge in [0.15, 0.2) is 0 Å². The molecule has 0 saturated heterocycles. The third-order valence-corrected chi connectivity index (χ3v) is 7.26. The molecule has 0 bridgehead atoms. The van der Waals surface area contributed by atoms with Crippen LogP contribution in [-0.4, -0.2) is 68.3 Å². The van der Waals surface area contributed by atoms with Gasteiger partial charge in [-0.2, -0.15) is 0 Å². The Hall–Kier alpha value is -3.43. The maximum absolute atomic E-state index is 10.5. The van der Waals surface area contributed by atoms with E-state index in [0.717, 1.165) is 39.6 Å². The van der Waals surface area contributed by atoms with Crippen molar-refractivity contribution in [1.29, 1.82) is 0 Å². The molecule has 2 aromatic carbocycles. The summed E-state index contributed by atoms with van der Waals surface area (Å²) in [5, 5.41) is 10.9. The van der Waals surface area contributed by atoms with Gasteiger partial charge in [-0.15, -0.1) is 93.9 Å². The smallest absolute Gasteiger partial charge is 0.354 e. The number of carboxylic acids is 1. The van der Waals surface area contributed by atoms with Crippen LogP contribution in [0.4, 0.5) is 17.1 Å². The number of carbonyl (C=O) groups is 1. The monoisotopic (exact) mass is 889 g/mol. The molecule has 0 fully saturated rings. The number of nitrogens with zero attached hydrogens (tertiary/aromatic N) is 6. The van der Waals surface area contributed by atoms with Gasteiger partial charge in [0.25, 0.3) is 0 Å². The molecule has 8 nitrogen and oxygen atoms in total. The van der Waals surface area contributed by atoms with E-state index in [1.54, 1.807) is 42.7 Å². The topological polar surface area (TPSA) is 85.7 Å². The third-order valence-electron chi connectivity index (χ3n) is 6.23. The number of rotatable bonds is 6. The zero-order chi connectivity index (χ0) is 34.0. The van der Waals surface area contributed by atoms with E-state index in [4.69, 9.17) is 51.5 Å². The minimum atomic E-state index is -1.00. The van der Waals surface area contributed by atoms with Gasteiger partial charge in [-0.1, -0.05) is 12.1 Å². The van der Waals surface area contributed by atoms with Gasteiger partial charge in [-0.3, -0.25) is 0 Å². The number of anilines is 3. The summed E-state index contributed by atoms with van der Waals surface area (Å²) in [5.41, 5.74) is 6.14. The van der Waals surface area contributed by atoms with Crippen molar-refractivity contribution in [3.8, 4) is 22.5 Å². The largest absolute Gasteiger partial charge is 0.477 e. The molecule has 47 heavy (non-hydrogen) atoms. The number of pyridine rings is 3. The van der Waals surface area contributed by atoms with E-state index in [1.165, 1.54) is 12.3 Å². The van der Waals surface area contributed by atoms with Crippen LogP contribution in [0.3, 0.4) is 0 Å². The van der Waals surface area contributed by atoms with E-state index >= 15 is 0 Å². The number of benzene rings is 2. The van der Waals surface area contributed by atoms with Gasteiger partial charge in [0.2, 0.25) is 0 Å². The van der Waals surface area contributed by atoms with Crippen LogP contribution in [0, 0.1) is 12.1 Å². The molecule has 5 rings (SSSR count). The maximum Gasteiger partial charge on any atom is 0.354 e. The number of hydrogen-bond acceptors (Lipinski definition) is 7. The van der Waals surface area contributed by atoms with Crippen molar-refractivity contribution in [1.82, 2.24) is 15.0 Å². The Labute approximate surface area is 309 Å². The van der Waals surface area contributed by atoms with Crippen LogP contribution in [0.25, 0.3) is 22.5 Å². The number of aromatic nitrogens is 3. The Morgan fingerprint density at radius 3 is 1.32 bits per heavy atom. The first-order valence-electron chi connectivity index (χ1n) is 13.6. The summed E-state index contributed by atoms with van der Waals surface area (Å²) >= 11 is 23.9. The molecule has 5 aromatic rings. The first-order valence-corrected chi connectivity index (χ1v) is 15.2. The van der Waals surface area contributed by atoms with E-state index in [-0.39, 0.29) is 25.8 Å². The molecule has 0 saturated carbocycles. The molecule has 0 aliphatic carbocycles. The number of hydrogen-bond donors (Lipinski definition) is 1. The van der Waals surface area contributed by atoms with Crippen LogP contribution < -0.4 is 14.7 Å². The fourth-order valence-corrected chi connectivity index (χ4v) is 4.74. The molecule has 1 radical (unpaired) electrons. The Bertz CT molecular complexity index is 1690. The van der Waals surface area contributed by atoms with E-state index in [0.29, 0.717) is 20.1 Å². The number of aromatic carboxylic acids is 1. The van der Waals surface area contributed by atoms with Crippen molar-refractivity contribution >= 4 is 69.4 Å². The summed E-state index contributed by atoms with van der Waals surface area (Å²) in [4.78, 5) is 28.6. The van der Waals surface area contributed by atoms with Crippen LogP contribution in [-0.2, 0) is 20.1 Å². The summed E-state index contributed by atoms with van der Waals surface area (Å²) in [6, 6.07) is 23.9. The average molecular weight is 891 g/mol. The van der Waals surface area contributed by atoms with Gasteiger partial charge in [-0.25, -0.2) is 9.78 Å². The Morgan fingerprint density at radius 2 is 0.979 bits per heavy atom. The van der Waals surface area contributed by atoms with Crippen molar-refractivity contribution in [2.75, 3.05) is 57.0 Å². The van der Waals surface area contributed by atoms with E-state index < -0.39 is 5.97 Å². The molecular weight excluding hydrogens is 858 g/mol. The van der Waals surface area contributed by atoms with E-state index in [2.05, 4.69) is 27.1 Å². The Kier molecular flexibility index (Phi) is 15.9. The zero-order valence-electron chi connectivity index (χ0n) is 26.4. The second-order valence-corrected chi connectivity index (χ2v) is 12.0. The van der Waals surface area contributed by atoms with Crippen molar-refractivity contribution in [3.05, 3.63) is 117 Å². The van der Waals surface area contributed by atoms with Crippen LogP contribution in [0.15, 0.2) is 79.3 Å². The van der Waals surface area contributed by atoms with Gasteiger partial charge in [-0.05, 0) is 55.7 Å². The van der Waals surface area contributed by atoms with Crippen molar-refractivity contribution in [3.63, 3.8) is 0 Å². The second kappa shape index (κ2) is 18.8. The van der Waals surface area contributed by atoms with Gasteiger partial charge >= 0.3 is 5.97 Å². The quantitative estimate of drug-likeness (QED) is 0.170. The van der Waals surface area contributed by atoms with Crippen LogP contribution in [0.1, 0.15) is 10.5 Å². The minimum Gasteiger partial charge on any atom is -0.477 e. The first-order chi connectivity index (χ1) is 21.8. The first kappa shape index (κ1) is 39.7. The summed E-state index contributed by atoms with van der Waals surface area (Å²) in [5.74, 6) is -1.00. The van der Waals surface area contributed by atoms with Gasteiger partial charge in [0, 0.05) is 98.0 Å². The molecule has 249 valence electrons. The van der Waals surface area contributed by atoms with E-state index in [9.17, 15) is 4.79 Å². The average Bonchev–Trinajstić information content (AvgIpc) is 3.02. The summed E-state index contributed by atoms with van der Waals surface area (Å²) in [6.07, 6.45) is 4.99. The molecule has 0 atom stereocenters. The predicted octanol–water partition coefficient (Wildman–Crippen LogP) is 8.69. The minimum absolute atomic E-state index is 0. The normalized spacial score (nSPS) is 9.91. The molecule has 0 aliphatic rings. The molecule has 0 unspecified atom stereocenters. The summed E-state index contributed by atoms with van der Waals surface area (Å²) in [7, 11) is 11.6. The number of halogens is 4. The summed E-state index contributed by atoms with van der Waals surface area (Å²) in [6.45, 7) is 0. The molecule has 3 heterocycles. The molecule has 13 heteroatoms. The van der Waals surface area contributed by atoms with Crippen molar-refractivity contribution < 1.29 is 30.0 Å².